The number of ether oxygens (including phenoxy) is 6. The predicted molar refractivity (Wildman–Crippen MR) is 388 cm³/mol. The maximum absolute atomic E-state index is 13.5. The lowest BCUT2D eigenvalue weighted by Crippen LogP contribution is -2.66. The highest BCUT2D eigenvalue weighted by atomic mass is 16.8. The Balaban J connectivity index is 1.37. The van der Waals surface area contributed by atoms with E-state index in [1.54, 1.807) is 0 Å². The number of hydrogen-bond acceptors (Lipinski definition) is 18. The SMILES string of the molecule is CCCCCCC/C=C\C/C=C\C/C=C\CCCCCCCCCCC(=O)NC(COC1OC(CO)C(OC2OC(CO)C(OC3OC(CO)C(O)C(O)C3O)C(O)C2O)C(O)C1O)C(O)CCCCCCCCCCCCCCCCCCCCCCCCCCCCCCCC. The molecule has 0 spiro atoms. The van der Waals surface area contributed by atoms with Crippen LogP contribution < -0.4 is 5.32 Å². The lowest BCUT2D eigenvalue weighted by atomic mass is 9.96. The Labute approximate surface area is 593 Å². The first-order valence-electron chi connectivity index (χ1n) is 40.2. The molecule has 98 heavy (non-hydrogen) atoms. The molecule has 0 aromatic rings. The number of carbonyl (C=O) groups excluding carboxylic acids is 1. The summed E-state index contributed by atoms with van der Waals surface area (Å²) in [4.78, 5) is 13.5. The molecule has 19 heteroatoms. The van der Waals surface area contributed by atoms with Gasteiger partial charge in [-0.25, -0.2) is 0 Å². The lowest BCUT2D eigenvalue weighted by molar-refractivity contribution is -0.379. The molecule has 17 atom stereocenters. The number of allylic oxidation sites excluding steroid dienone is 6. The van der Waals surface area contributed by atoms with Crippen LogP contribution in [-0.4, -0.2) is 193 Å². The number of carbonyl (C=O) groups is 1. The molecule has 3 fully saturated rings. The Morgan fingerprint density at radius 1 is 0.367 bits per heavy atom. The van der Waals surface area contributed by atoms with Crippen molar-refractivity contribution in [3.63, 3.8) is 0 Å². The minimum absolute atomic E-state index is 0.246. The van der Waals surface area contributed by atoms with Crippen molar-refractivity contribution in [1.29, 1.82) is 0 Å². The van der Waals surface area contributed by atoms with Gasteiger partial charge >= 0.3 is 0 Å². The van der Waals surface area contributed by atoms with E-state index in [4.69, 9.17) is 28.4 Å². The van der Waals surface area contributed by atoms with E-state index in [0.717, 1.165) is 70.6 Å². The van der Waals surface area contributed by atoms with Gasteiger partial charge < -0.3 is 89.9 Å². The van der Waals surface area contributed by atoms with Crippen molar-refractivity contribution >= 4 is 5.91 Å². The van der Waals surface area contributed by atoms with Gasteiger partial charge in [-0.3, -0.25) is 4.79 Å². The summed E-state index contributed by atoms with van der Waals surface area (Å²) in [6.45, 7) is 1.83. The summed E-state index contributed by atoms with van der Waals surface area (Å²) in [5.41, 5.74) is 0. The number of amides is 1. The molecule has 0 aromatic heterocycles. The number of rotatable bonds is 64. The highest BCUT2D eigenvalue weighted by Crippen LogP contribution is 2.33. The monoisotopic (exact) mass is 1400 g/mol. The normalized spacial score (nSPS) is 26.9. The average molecular weight is 1400 g/mol. The number of hydrogen-bond donors (Lipinski definition) is 12. The maximum Gasteiger partial charge on any atom is 0.220 e. The molecule has 12 N–H and O–H groups in total. The number of unbranched alkanes of at least 4 members (excludes halogenated alkanes) is 42. The molecule has 3 saturated heterocycles. The Hall–Kier alpha value is -1.99. The zero-order valence-corrected chi connectivity index (χ0v) is 61.5. The van der Waals surface area contributed by atoms with Crippen LogP contribution in [0, 0.1) is 0 Å². The molecule has 17 unspecified atom stereocenters. The third kappa shape index (κ3) is 40.3. The number of aliphatic hydroxyl groups excluding tert-OH is 11. The smallest absolute Gasteiger partial charge is 0.220 e. The zero-order valence-electron chi connectivity index (χ0n) is 61.5. The first kappa shape index (κ1) is 90.2. The van der Waals surface area contributed by atoms with Crippen LogP contribution in [0.15, 0.2) is 36.5 Å². The molecule has 3 aliphatic heterocycles. The van der Waals surface area contributed by atoms with E-state index in [-0.39, 0.29) is 18.9 Å². The fraction of sp³-hybridized carbons (Fsp3) is 0.911. The molecule has 0 aliphatic carbocycles. The summed E-state index contributed by atoms with van der Waals surface area (Å²) in [6.07, 6.45) is 46.6. The van der Waals surface area contributed by atoms with Crippen molar-refractivity contribution in [3.05, 3.63) is 36.5 Å². The third-order valence-electron chi connectivity index (χ3n) is 20.2. The molecule has 3 rings (SSSR count). The van der Waals surface area contributed by atoms with Gasteiger partial charge in [0.2, 0.25) is 5.91 Å². The molecule has 1 amide bonds. The standard InChI is InChI=1S/C79H147NO18/c1-3-5-7-9-11-13-15-17-19-21-23-25-27-28-29-30-31-32-33-35-36-38-40-42-44-46-48-50-52-54-56-63(84)62(80-67(85)57-55-53-51-49-47-45-43-41-39-37-34-26-24-22-20-18-16-14-12-10-8-6-4-2)61-93-77-73(91)70(88)75(65(59-82)95-77)98-79-74(92)71(89)76(66(60-83)96-79)97-78-72(90)69(87)68(86)64(58-81)94-78/h16,18,22,24,34,37,62-66,68-79,81-84,86-92H,3-15,17,19-21,23,25-33,35-36,38-61H2,1-2H3,(H,80,85)/b18-16-,24-22-,37-34-. The summed E-state index contributed by atoms with van der Waals surface area (Å²) >= 11 is 0. The van der Waals surface area contributed by atoms with Gasteiger partial charge in [-0.2, -0.15) is 0 Å². The van der Waals surface area contributed by atoms with Crippen molar-refractivity contribution in [2.45, 2.75) is 433 Å². The van der Waals surface area contributed by atoms with E-state index in [2.05, 4.69) is 55.6 Å². The molecule has 0 radical (unpaired) electrons. The van der Waals surface area contributed by atoms with Gasteiger partial charge in [0.1, 0.15) is 73.2 Å². The Morgan fingerprint density at radius 3 is 1.05 bits per heavy atom. The summed E-state index contributed by atoms with van der Waals surface area (Å²) in [5, 5.41) is 121. The van der Waals surface area contributed by atoms with Crippen LogP contribution >= 0.6 is 0 Å². The summed E-state index contributed by atoms with van der Waals surface area (Å²) < 4.78 is 34.5. The predicted octanol–water partition coefficient (Wildman–Crippen LogP) is 13.1. The van der Waals surface area contributed by atoms with Crippen molar-refractivity contribution in [3.8, 4) is 0 Å². The fourth-order valence-corrected chi connectivity index (χ4v) is 13.7. The lowest BCUT2D eigenvalue weighted by Gasteiger charge is -2.48. The molecule has 3 heterocycles. The first-order valence-corrected chi connectivity index (χ1v) is 40.2. The summed E-state index contributed by atoms with van der Waals surface area (Å²) in [5.74, 6) is -0.246. The second-order valence-electron chi connectivity index (χ2n) is 28.9. The van der Waals surface area contributed by atoms with Gasteiger partial charge in [0.05, 0.1) is 38.6 Å². The van der Waals surface area contributed by atoms with Gasteiger partial charge in [-0.1, -0.05) is 307 Å². The molecule has 0 bridgehead atoms. The quantitative estimate of drug-likeness (QED) is 0.0199. The van der Waals surface area contributed by atoms with Gasteiger partial charge in [-0.05, 0) is 51.4 Å². The first-order chi connectivity index (χ1) is 47.8. The second kappa shape index (κ2) is 60.3. The van der Waals surface area contributed by atoms with Gasteiger partial charge in [0.15, 0.2) is 18.9 Å². The molecule has 19 nitrogen and oxygen atoms in total. The average Bonchev–Trinajstić information content (AvgIpc) is 0.785. The van der Waals surface area contributed by atoms with Crippen LogP contribution in [0.25, 0.3) is 0 Å². The fourth-order valence-electron chi connectivity index (χ4n) is 13.7. The van der Waals surface area contributed by atoms with E-state index in [0.29, 0.717) is 12.8 Å². The molecule has 3 aliphatic rings. The van der Waals surface area contributed by atoms with Crippen LogP contribution in [0.5, 0.6) is 0 Å². The minimum Gasteiger partial charge on any atom is -0.394 e. The van der Waals surface area contributed by atoms with Crippen molar-refractivity contribution in [1.82, 2.24) is 5.32 Å². The van der Waals surface area contributed by atoms with Gasteiger partial charge in [0.25, 0.3) is 0 Å². The second-order valence-corrected chi connectivity index (χ2v) is 28.9. The number of aliphatic hydroxyl groups is 11. The van der Waals surface area contributed by atoms with E-state index < -0.39 is 124 Å². The highest BCUT2D eigenvalue weighted by molar-refractivity contribution is 5.76. The topological polar surface area (TPSA) is 307 Å². The van der Waals surface area contributed by atoms with Gasteiger partial charge in [0, 0.05) is 6.42 Å². The van der Waals surface area contributed by atoms with Crippen LogP contribution in [-0.2, 0) is 33.2 Å². The van der Waals surface area contributed by atoms with Crippen molar-refractivity contribution in [2.75, 3.05) is 26.4 Å². The Bertz CT molecular complexity index is 1910. The third-order valence-corrected chi connectivity index (χ3v) is 20.2. The van der Waals surface area contributed by atoms with Crippen LogP contribution in [0.3, 0.4) is 0 Å². The summed E-state index contributed by atoms with van der Waals surface area (Å²) in [7, 11) is 0. The Morgan fingerprint density at radius 2 is 0.673 bits per heavy atom. The van der Waals surface area contributed by atoms with Crippen LogP contribution in [0.1, 0.15) is 328 Å². The van der Waals surface area contributed by atoms with Crippen LogP contribution in [0.2, 0.25) is 0 Å². The van der Waals surface area contributed by atoms with E-state index >= 15 is 0 Å². The number of nitrogens with one attached hydrogen (secondary N) is 1. The van der Waals surface area contributed by atoms with E-state index in [1.165, 1.54) is 225 Å². The largest absolute Gasteiger partial charge is 0.394 e. The van der Waals surface area contributed by atoms with Gasteiger partial charge in [-0.15, -0.1) is 0 Å². The zero-order chi connectivity index (χ0) is 71.1. The van der Waals surface area contributed by atoms with Crippen LogP contribution in [0.4, 0.5) is 0 Å². The highest BCUT2D eigenvalue weighted by Gasteiger charge is 2.54. The minimum atomic E-state index is -1.97. The maximum atomic E-state index is 13.5. The van der Waals surface area contributed by atoms with E-state index in [9.17, 15) is 61.0 Å². The molecule has 0 saturated carbocycles. The van der Waals surface area contributed by atoms with Crippen molar-refractivity contribution < 1.29 is 89.4 Å². The summed E-state index contributed by atoms with van der Waals surface area (Å²) in [6, 6.07) is -0.894. The molecule has 0 aromatic carbocycles. The molecule has 576 valence electrons. The van der Waals surface area contributed by atoms with E-state index in [1.807, 2.05) is 0 Å². The molecular weight excluding hydrogens is 1250 g/mol. The molecular formula is C79H147NO18. The van der Waals surface area contributed by atoms with Crippen molar-refractivity contribution in [2.24, 2.45) is 0 Å². The Kier molecular flexibility index (Phi) is 55.5.